The zero-order valence-electron chi connectivity index (χ0n) is 12.9. The first kappa shape index (κ1) is 16.3. The van der Waals surface area contributed by atoms with Crippen LogP contribution in [0.3, 0.4) is 0 Å². The van der Waals surface area contributed by atoms with E-state index in [0.717, 1.165) is 5.56 Å². The highest BCUT2D eigenvalue weighted by Gasteiger charge is 2.10. The Morgan fingerprint density at radius 3 is 2.83 bits per heavy atom. The molecule has 0 aliphatic carbocycles. The van der Waals surface area contributed by atoms with Crippen molar-refractivity contribution in [1.29, 1.82) is 0 Å². The topological polar surface area (TPSA) is 73.6 Å². The molecule has 0 amide bonds. The van der Waals surface area contributed by atoms with E-state index in [-0.39, 0.29) is 30.4 Å². The van der Waals surface area contributed by atoms with Gasteiger partial charge in [-0.3, -0.25) is 9.59 Å². The molecule has 2 heterocycles. The van der Waals surface area contributed by atoms with Gasteiger partial charge in [0.15, 0.2) is 5.01 Å². The molecule has 0 fully saturated rings. The summed E-state index contributed by atoms with van der Waals surface area (Å²) in [5.41, 5.74) is 1.22. The third-order valence-corrected chi connectivity index (χ3v) is 4.18. The lowest BCUT2D eigenvalue weighted by molar-refractivity contribution is -0.144. The van der Waals surface area contributed by atoms with Crippen molar-refractivity contribution in [3.05, 3.63) is 62.8 Å². The van der Waals surface area contributed by atoms with E-state index >= 15 is 0 Å². The van der Waals surface area contributed by atoms with Crippen molar-refractivity contribution >= 4 is 22.3 Å². The van der Waals surface area contributed by atoms with Crippen LogP contribution < -0.4 is 5.56 Å². The summed E-state index contributed by atoms with van der Waals surface area (Å²) in [6, 6.07) is 7.38. The molecule has 0 saturated heterocycles. The van der Waals surface area contributed by atoms with Crippen molar-refractivity contribution in [1.82, 2.24) is 14.6 Å². The quantitative estimate of drug-likeness (QED) is 0.662. The fraction of sp³-hybridized carbons (Fsp3) is 0.250. The van der Waals surface area contributed by atoms with E-state index in [1.807, 2.05) is 0 Å². The first-order valence-electron chi connectivity index (χ1n) is 7.28. The van der Waals surface area contributed by atoms with Crippen LogP contribution in [-0.2, 0) is 22.6 Å². The average Bonchev–Trinajstić information content (AvgIpc) is 2.95. The maximum Gasteiger partial charge on any atom is 0.306 e. The lowest BCUT2D eigenvalue weighted by atomic mass is 10.1. The highest BCUT2D eigenvalue weighted by molar-refractivity contribution is 7.16. The molecule has 1 aromatic carbocycles. The molecular weight excluding hydrogens is 333 g/mol. The van der Waals surface area contributed by atoms with E-state index in [1.165, 1.54) is 34.1 Å². The van der Waals surface area contributed by atoms with Crippen LogP contribution in [0.2, 0.25) is 0 Å². The third-order valence-electron chi connectivity index (χ3n) is 3.30. The Morgan fingerprint density at radius 1 is 1.33 bits per heavy atom. The van der Waals surface area contributed by atoms with E-state index in [4.69, 9.17) is 4.74 Å². The number of hydrogen-bond donors (Lipinski definition) is 0. The minimum absolute atomic E-state index is 0.00519. The van der Waals surface area contributed by atoms with Gasteiger partial charge in [0.2, 0.25) is 4.96 Å². The first-order valence-corrected chi connectivity index (χ1v) is 8.09. The van der Waals surface area contributed by atoms with Gasteiger partial charge in [0.1, 0.15) is 12.4 Å². The molecule has 124 valence electrons. The molecule has 3 aromatic rings. The lowest BCUT2D eigenvalue weighted by Crippen LogP contribution is -2.14. The zero-order valence-corrected chi connectivity index (χ0v) is 13.7. The minimum Gasteiger partial charge on any atom is -0.458 e. The molecule has 0 unspecified atom stereocenters. The summed E-state index contributed by atoms with van der Waals surface area (Å²) in [5.74, 6) is -0.689. The van der Waals surface area contributed by atoms with Crippen LogP contribution in [0.15, 0.2) is 35.1 Å². The van der Waals surface area contributed by atoms with Crippen LogP contribution in [0.25, 0.3) is 4.96 Å². The number of nitrogens with zero attached hydrogens (tertiary/aromatic N) is 3. The lowest BCUT2D eigenvalue weighted by Gasteiger charge is -2.02. The number of aryl methyl sites for hydroxylation is 2. The van der Waals surface area contributed by atoms with Gasteiger partial charge in [-0.25, -0.2) is 9.37 Å². The number of esters is 1. The summed E-state index contributed by atoms with van der Waals surface area (Å²) in [7, 11) is 0. The maximum absolute atomic E-state index is 12.8. The number of benzene rings is 1. The molecule has 24 heavy (non-hydrogen) atoms. The van der Waals surface area contributed by atoms with Crippen molar-refractivity contribution in [3.8, 4) is 0 Å². The molecule has 3 rings (SSSR count). The average molecular weight is 347 g/mol. The van der Waals surface area contributed by atoms with Gasteiger partial charge in [0.05, 0.1) is 0 Å². The van der Waals surface area contributed by atoms with Gasteiger partial charge in [-0.2, -0.15) is 9.61 Å². The Labute approximate surface area is 140 Å². The fourth-order valence-corrected chi connectivity index (χ4v) is 2.99. The molecule has 0 spiro atoms. The number of halogens is 1. The van der Waals surface area contributed by atoms with E-state index in [1.54, 1.807) is 19.1 Å². The normalized spacial score (nSPS) is 10.9. The summed E-state index contributed by atoms with van der Waals surface area (Å²) in [6.07, 6.45) is 0.660. The molecule has 0 aliphatic rings. The minimum atomic E-state index is -0.380. The number of carbonyl (C=O) groups excluding carboxylic acids is 1. The van der Waals surface area contributed by atoms with E-state index in [9.17, 15) is 14.0 Å². The summed E-state index contributed by atoms with van der Waals surface area (Å²) >= 11 is 1.21. The molecule has 8 heteroatoms. The van der Waals surface area contributed by atoms with Crippen molar-refractivity contribution in [3.63, 3.8) is 0 Å². The number of hydrogen-bond acceptors (Lipinski definition) is 6. The highest BCUT2D eigenvalue weighted by atomic mass is 32.1. The molecule has 0 aliphatic heterocycles. The van der Waals surface area contributed by atoms with Crippen LogP contribution in [0.1, 0.15) is 22.7 Å². The molecular formula is C16H14FN3O3S. The summed E-state index contributed by atoms with van der Waals surface area (Å²) in [4.78, 5) is 28.2. The Morgan fingerprint density at radius 2 is 2.08 bits per heavy atom. The van der Waals surface area contributed by atoms with Gasteiger partial charge < -0.3 is 4.74 Å². The standard InChI is InChI=1S/C16H14FN3O3S/c1-10-8-14(21)20-16(18-10)24-13(19-20)9-23-15(22)7-4-11-2-5-12(17)6-3-11/h2-3,5-6,8H,4,7,9H2,1H3. The highest BCUT2D eigenvalue weighted by Crippen LogP contribution is 2.13. The number of aromatic nitrogens is 3. The number of ether oxygens (including phenoxy) is 1. The van der Waals surface area contributed by atoms with Crippen LogP contribution >= 0.6 is 11.3 Å². The predicted molar refractivity (Wildman–Crippen MR) is 86.4 cm³/mol. The van der Waals surface area contributed by atoms with Crippen molar-refractivity contribution < 1.29 is 13.9 Å². The van der Waals surface area contributed by atoms with Crippen LogP contribution in [0.5, 0.6) is 0 Å². The second-order valence-corrected chi connectivity index (χ2v) is 6.25. The van der Waals surface area contributed by atoms with Crippen LogP contribution in [0.4, 0.5) is 4.39 Å². The number of rotatable bonds is 5. The van der Waals surface area contributed by atoms with Gasteiger partial charge in [0, 0.05) is 18.2 Å². The zero-order chi connectivity index (χ0) is 17.1. The van der Waals surface area contributed by atoms with Crippen LogP contribution in [-0.4, -0.2) is 20.6 Å². The summed E-state index contributed by atoms with van der Waals surface area (Å²) < 4.78 is 19.2. The van der Waals surface area contributed by atoms with E-state index in [0.29, 0.717) is 22.1 Å². The Hall–Kier alpha value is -2.61. The molecule has 0 atom stereocenters. The molecule has 0 radical (unpaired) electrons. The van der Waals surface area contributed by atoms with Gasteiger partial charge >= 0.3 is 5.97 Å². The Bertz CT molecular complexity index is 934. The molecule has 0 N–H and O–H groups in total. The Kier molecular flexibility index (Phi) is 4.66. The number of carbonyl (C=O) groups is 1. The molecule has 0 saturated carbocycles. The molecule has 6 nitrogen and oxygen atoms in total. The predicted octanol–water partition coefficient (Wildman–Crippen LogP) is 2.27. The summed E-state index contributed by atoms with van der Waals surface area (Å²) in [5, 5.41) is 4.59. The van der Waals surface area contributed by atoms with Crippen molar-refractivity contribution in [2.45, 2.75) is 26.4 Å². The molecule has 2 aromatic heterocycles. The third kappa shape index (κ3) is 3.83. The Balaban J connectivity index is 1.57. The smallest absolute Gasteiger partial charge is 0.306 e. The fourth-order valence-electron chi connectivity index (χ4n) is 2.13. The first-order chi connectivity index (χ1) is 11.5. The van der Waals surface area contributed by atoms with E-state index in [2.05, 4.69) is 10.1 Å². The van der Waals surface area contributed by atoms with Gasteiger partial charge in [-0.05, 0) is 31.0 Å². The van der Waals surface area contributed by atoms with Crippen molar-refractivity contribution in [2.75, 3.05) is 0 Å². The van der Waals surface area contributed by atoms with Crippen LogP contribution in [0, 0.1) is 12.7 Å². The SMILES string of the molecule is Cc1cc(=O)n2nc(COC(=O)CCc3ccc(F)cc3)sc2n1. The van der Waals surface area contributed by atoms with Crippen molar-refractivity contribution in [2.24, 2.45) is 0 Å². The van der Waals surface area contributed by atoms with E-state index < -0.39 is 0 Å². The van der Waals surface area contributed by atoms with Gasteiger partial charge in [-0.1, -0.05) is 23.5 Å². The summed E-state index contributed by atoms with van der Waals surface area (Å²) in [6.45, 7) is 1.73. The number of fused-ring (bicyclic) bond motifs is 1. The van der Waals surface area contributed by atoms with Gasteiger partial charge in [-0.15, -0.1) is 0 Å². The second kappa shape index (κ2) is 6.88. The second-order valence-electron chi connectivity index (χ2n) is 5.21. The maximum atomic E-state index is 12.8. The largest absolute Gasteiger partial charge is 0.458 e. The van der Waals surface area contributed by atoms with Gasteiger partial charge in [0.25, 0.3) is 5.56 Å². The molecule has 0 bridgehead atoms. The monoisotopic (exact) mass is 347 g/mol.